The molecule has 0 unspecified atom stereocenters. The van der Waals surface area contributed by atoms with Crippen LogP contribution in [0.25, 0.3) is 5.57 Å². The maximum atomic E-state index is 13.2. The Bertz CT molecular complexity index is 1870. The van der Waals surface area contributed by atoms with E-state index in [9.17, 15) is 24.3 Å². The number of fused-ring (bicyclic) bond motifs is 5. The van der Waals surface area contributed by atoms with E-state index in [1.165, 1.54) is 29.3 Å². The maximum Gasteiger partial charge on any atom is 0.508 e. The van der Waals surface area contributed by atoms with Gasteiger partial charge in [0, 0.05) is 36.8 Å². The number of pyridine rings is 1. The van der Waals surface area contributed by atoms with Crippen molar-refractivity contribution in [2.45, 2.75) is 130 Å². The van der Waals surface area contributed by atoms with Crippen LogP contribution in [-0.2, 0) is 35.6 Å². The third-order valence-electron chi connectivity index (χ3n) is 12.4. The second-order valence-corrected chi connectivity index (χ2v) is 18.4. The second-order valence-electron chi connectivity index (χ2n) is 18.4. The van der Waals surface area contributed by atoms with Gasteiger partial charge >= 0.3 is 24.3 Å². The number of ether oxygens (including phenoxy) is 4. The van der Waals surface area contributed by atoms with E-state index in [2.05, 4.69) is 47.4 Å². The van der Waals surface area contributed by atoms with E-state index < -0.39 is 41.4 Å². The molecule has 2 heterocycles. The first-order chi connectivity index (χ1) is 26.3. The SMILES string of the molecule is CC(C)(C)OC(=O)N[C@@H](Cc1cn(C(=O)O)c(C(C)(C)C)n1)C(=O)OCCOC(=O)O[C@H]1CC[C@@]2(C)C(=CC[C@@H]3[C@@H]2CC[C@]2(C)C(c4cccnc4)=CC[C@@H]32)C1. The van der Waals surface area contributed by atoms with Crippen LogP contribution in [0.1, 0.15) is 117 Å². The number of amides is 1. The summed E-state index contributed by atoms with van der Waals surface area (Å²) >= 11 is 0. The van der Waals surface area contributed by atoms with Crippen molar-refractivity contribution in [3.63, 3.8) is 0 Å². The number of rotatable bonds is 9. The molecule has 7 atom stereocenters. The van der Waals surface area contributed by atoms with E-state index in [-0.39, 0.29) is 48.1 Å². The minimum Gasteiger partial charge on any atom is -0.464 e. The van der Waals surface area contributed by atoms with Crippen molar-refractivity contribution in [1.82, 2.24) is 19.9 Å². The van der Waals surface area contributed by atoms with Crippen molar-refractivity contribution in [2.24, 2.45) is 28.6 Å². The summed E-state index contributed by atoms with van der Waals surface area (Å²) in [6.07, 6.45) is 13.5. The molecule has 2 fully saturated rings. The number of carboxylic acid groups (broad SMARTS) is 1. The summed E-state index contributed by atoms with van der Waals surface area (Å²) < 4.78 is 22.8. The summed E-state index contributed by atoms with van der Waals surface area (Å²) in [7, 11) is 0. The van der Waals surface area contributed by atoms with Gasteiger partial charge in [0.05, 0.1) is 5.69 Å². The molecule has 0 bridgehead atoms. The molecule has 304 valence electrons. The molecule has 2 saturated carbocycles. The van der Waals surface area contributed by atoms with E-state index in [0.29, 0.717) is 24.2 Å². The van der Waals surface area contributed by atoms with Crippen molar-refractivity contribution in [2.75, 3.05) is 13.2 Å². The lowest BCUT2D eigenvalue weighted by Crippen LogP contribution is -2.50. The predicted molar refractivity (Wildman–Crippen MR) is 208 cm³/mol. The van der Waals surface area contributed by atoms with Crippen molar-refractivity contribution in [3.05, 3.63) is 65.5 Å². The van der Waals surface area contributed by atoms with E-state index in [0.717, 1.165) is 36.7 Å². The number of aromatic nitrogens is 3. The van der Waals surface area contributed by atoms with Crippen LogP contribution < -0.4 is 5.32 Å². The molecule has 0 aliphatic heterocycles. The lowest BCUT2D eigenvalue weighted by molar-refractivity contribution is -0.147. The normalized spacial score (nSPS) is 27.6. The van der Waals surface area contributed by atoms with E-state index >= 15 is 0 Å². The first-order valence-electron chi connectivity index (χ1n) is 19.9. The number of esters is 1. The summed E-state index contributed by atoms with van der Waals surface area (Å²) in [4.78, 5) is 59.4. The number of allylic oxidation sites excluding steroid dienone is 3. The summed E-state index contributed by atoms with van der Waals surface area (Å²) in [5.41, 5.74) is 3.12. The monoisotopic (exact) mass is 774 g/mol. The first-order valence-corrected chi connectivity index (χ1v) is 19.9. The highest BCUT2D eigenvalue weighted by Crippen LogP contribution is 2.66. The highest BCUT2D eigenvalue weighted by molar-refractivity contribution is 5.82. The van der Waals surface area contributed by atoms with Gasteiger partial charge in [0.2, 0.25) is 0 Å². The van der Waals surface area contributed by atoms with Gasteiger partial charge in [-0.3, -0.25) is 4.98 Å². The molecule has 6 rings (SSSR count). The number of carbonyl (C=O) groups excluding carboxylic acids is 3. The molecule has 2 N–H and O–H groups in total. The number of hydrogen-bond donors (Lipinski definition) is 2. The highest BCUT2D eigenvalue weighted by Gasteiger charge is 2.57. The Labute approximate surface area is 329 Å². The number of nitrogens with one attached hydrogen (secondary N) is 1. The van der Waals surface area contributed by atoms with Crippen LogP contribution in [-0.4, -0.2) is 74.9 Å². The standard InChI is InChI=1S/C43H58N4O9/c1-40(2,3)36-45-28(25-47(36)38(50)51)23-34(46-37(49)56-41(4,5)6)35(48)53-20-21-54-39(52)55-29-15-17-42(7)27(22-29)11-12-30-32-14-13-31(26-10-9-19-44-24-26)43(32,8)18-16-33(30)42/h9-11,13,19,24-25,29-30,32-34H,12,14-18,20-23H2,1-8H3,(H,46,49)(H,50,51)/t29-,30-,32-,33-,34-,42-,43+/m0/s1. The molecule has 13 nitrogen and oxygen atoms in total. The lowest BCUT2D eigenvalue weighted by atomic mass is 9.47. The largest absolute Gasteiger partial charge is 0.508 e. The summed E-state index contributed by atoms with van der Waals surface area (Å²) in [6.45, 7) is 14.9. The van der Waals surface area contributed by atoms with Crippen LogP contribution in [0.15, 0.2) is 48.4 Å². The first kappa shape index (κ1) is 41.0. The Hall–Kier alpha value is -4.68. The van der Waals surface area contributed by atoms with Crippen LogP contribution in [0, 0.1) is 28.6 Å². The Morgan fingerprint density at radius 1 is 0.982 bits per heavy atom. The number of nitrogens with zero attached hydrogens (tertiary/aromatic N) is 3. The van der Waals surface area contributed by atoms with Crippen LogP contribution in [0.3, 0.4) is 0 Å². The maximum absolute atomic E-state index is 13.2. The Morgan fingerprint density at radius 3 is 2.38 bits per heavy atom. The molecule has 1 amide bonds. The summed E-state index contributed by atoms with van der Waals surface area (Å²) in [5, 5.41) is 12.2. The van der Waals surface area contributed by atoms with Crippen molar-refractivity contribution in [1.29, 1.82) is 0 Å². The molecule has 56 heavy (non-hydrogen) atoms. The quantitative estimate of drug-likeness (QED) is 0.109. The molecule has 0 radical (unpaired) electrons. The van der Waals surface area contributed by atoms with E-state index in [1.54, 1.807) is 20.8 Å². The molecule has 4 aliphatic rings. The van der Waals surface area contributed by atoms with Crippen LogP contribution in [0.5, 0.6) is 0 Å². The molecule has 0 aromatic carbocycles. The van der Waals surface area contributed by atoms with Gasteiger partial charge in [-0.25, -0.2) is 28.7 Å². The zero-order valence-electron chi connectivity index (χ0n) is 34.1. The van der Waals surface area contributed by atoms with Gasteiger partial charge in [0.1, 0.15) is 36.8 Å². The molecular formula is C43H58N4O9. The van der Waals surface area contributed by atoms with Gasteiger partial charge < -0.3 is 29.4 Å². The minimum atomic E-state index is -1.26. The molecule has 2 aromatic rings. The molecule has 2 aromatic heterocycles. The number of alkyl carbamates (subject to hydrolysis) is 1. The third kappa shape index (κ3) is 8.66. The predicted octanol–water partition coefficient (Wildman–Crippen LogP) is 8.26. The van der Waals surface area contributed by atoms with Crippen LogP contribution >= 0.6 is 0 Å². The van der Waals surface area contributed by atoms with Gasteiger partial charge in [-0.2, -0.15) is 0 Å². The smallest absolute Gasteiger partial charge is 0.464 e. The molecule has 0 saturated heterocycles. The Kier molecular flexibility index (Phi) is 11.5. The number of carbonyl (C=O) groups is 4. The van der Waals surface area contributed by atoms with Crippen molar-refractivity contribution < 1.29 is 43.2 Å². The van der Waals surface area contributed by atoms with Gasteiger partial charge in [-0.05, 0) is 105 Å². The molecule has 0 spiro atoms. The van der Waals surface area contributed by atoms with Crippen LogP contribution in [0.2, 0.25) is 0 Å². The van der Waals surface area contributed by atoms with Gasteiger partial charge in [-0.15, -0.1) is 0 Å². The second kappa shape index (κ2) is 15.7. The number of imidazole rings is 1. The zero-order chi connectivity index (χ0) is 40.6. The fourth-order valence-corrected chi connectivity index (χ4v) is 9.86. The van der Waals surface area contributed by atoms with Gasteiger partial charge in [-0.1, -0.05) is 58.4 Å². The van der Waals surface area contributed by atoms with E-state index in [1.807, 2.05) is 39.2 Å². The minimum absolute atomic E-state index is 0.0726. The molecular weight excluding hydrogens is 716 g/mol. The van der Waals surface area contributed by atoms with Crippen molar-refractivity contribution >= 4 is 29.9 Å². The average molecular weight is 775 g/mol. The lowest BCUT2D eigenvalue weighted by Gasteiger charge is -2.57. The fourth-order valence-electron chi connectivity index (χ4n) is 9.86. The average Bonchev–Trinajstić information content (AvgIpc) is 3.71. The zero-order valence-corrected chi connectivity index (χ0v) is 34.1. The molecule has 13 heteroatoms. The fraction of sp³-hybridized carbons (Fsp3) is 0.628. The number of hydrogen-bond acceptors (Lipinski definition) is 10. The third-order valence-corrected chi connectivity index (χ3v) is 12.4. The topological polar surface area (TPSA) is 168 Å². The summed E-state index contributed by atoms with van der Waals surface area (Å²) in [5.74, 6) is 1.26. The highest BCUT2D eigenvalue weighted by atomic mass is 16.7. The van der Waals surface area contributed by atoms with E-state index in [4.69, 9.17) is 18.9 Å². The summed E-state index contributed by atoms with van der Waals surface area (Å²) in [6, 6.07) is 2.96. The van der Waals surface area contributed by atoms with Crippen LogP contribution in [0.4, 0.5) is 14.4 Å². The Morgan fingerprint density at radius 2 is 1.71 bits per heavy atom. The molecule has 4 aliphatic carbocycles. The van der Waals surface area contributed by atoms with Crippen molar-refractivity contribution in [3.8, 4) is 0 Å². The van der Waals surface area contributed by atoms with Gasteiger partial charge in [0.25, 0.3) is 0 Å². The van der Waals surface area contributed by atoms with Gasteiger partial charge in [0.15, 0.2) is 0 Å². The Balaban J connectivity index is 1.01.